The van der Waals surface area contributed by atoms with Crippen LogP contribution >= 0.6 is 0 Å². The average Bonchev–Trinajstić information content (AvgIpc) is 2.52. The highest BCUT2D eigenvalue weighted by atomic mass is 32.2. The molecule has 0 saturated carbocycles. The van der Waals surface area contributed by atoms with Gasteiger partial charge in [0.05, 0.1) is 5.25 Å². The highest BCUT2D eigenvalue weighted by Gasteiger charge is 2.46. The van der Waals surface area contributed by atoms with Gasteiger partial charge < -0.3 is 10.2 Å². The Morgan fingerprint density at radius 3 is 2.61 bits per heavy atom. The average molecular weight is 275 g/mol. The third-order valence-corrected chi connectivity index (χ3v) is 6.53. The van der Waals surface area contributed by atoms with Gasteiger partial charge in [0.1, 0.15) is 0 Å². The molecule has 2 aliphatic heterocycles. The summed E-state index contributed by atoms with van der Waals surface area (Å²) in [4.78, 5) is 13.3. The van der Waals surface area contributed by atoms with Crippen molar-refractivity contribution in [2.45, 2.75) is 25.0 Å². The molecule has 0 aromatic rings. The van der Waals surface area contributed by atoms with E-state index in [1.165, 1.54) is 0 Å². The molecule has 104 valence electrons. The number of urea groups is 1. The standard InChI is InChI=1S/C11H21N3O3S/c1-3-14-8-9-4-6-13(11(15)12-2)7-5-10(9)18(14,16)17/h9-10H,3-8H2,1-2H3,(H,12,15)/t9-,10-/m1/s1. The van der Waals surface area contributed by atoms with Crippen LogP contribution in [0.25, 0.3) is 0 Å². The van der Waals surface area contributed by atoms with Crippen LogP contribution in [0.5, 0.6) is 0 Å². The normalized spacial score (nSPS) is 31.8. The Balaban J connectivity index is 2.12. The number of fused-ring (bicyclic) bond motifs is 1. The minimum Gasteiger partial charge on any atom is -0.341 e. The van der Waals surface area contributed by atoms with Crippen molar-refractivity contribution in [2.24, 2.45) is 5.92 Å². The molecule has 2 amide bonds. The SMILES string of the molecule is CCN1C[C@H]2CCN(C(=O)NC)CC[C@H]2S1(=O)=O. The van der Waals surface area contributed by atoms with E-state index in [9.17, 15) is 13.2 Å². The fraction of sp³-hybridized carbons (Fsp3) is 0.909. The zero-order valence-corrected chi connectivity index (χ0v) is 11.7. The van der Waals surface area contributed by atoms with Crippen molar-refractivity contribution in [3.63, 3.8) is 0 Å². The van der Waals surface area contributed by atoms with Gasteiger partial charge >= 0.3 is 6.03 Å². The van der Waals surface area contributed by atoms with Gasteiger partial charge in [-0.3, -0.25) is 0 Å². The molecule has 18 heavy (non-hydrogen) atoms. The third kappa shape index (κ3) is 2.21. The number of carbonyl (C=O) groups excluding carboxylic acids is 1. The van der Waals surface area contributed by atoms with Gasteiger partial charge in [-0.2, -0.15) is 0 Å². The van der Waals surface area contributed by atoms with Crippen molar-refractivity contribution >= 4 is 16.1 Å². The number of amides is 2. The number of nitrogens with zero attached hydrogens (tertiary/aromatic N) is 2. The van der Waals surface area contributed by atoms with E-state index in [-0.39, 0.29) is 17.2 Å². The van der Waals surface area contributed by atoms with Crippen molar-refractivity contribution in [1.29, 1.82) is 0 Å². The number of nitrogens with one attached hydrogen (secondary N) is 1. The second-order valence-electron chi connectivity index (χ2n) is 4.91. The minimum absolute atomic E-state index is 0.111. The van der Waals surface area contributed by atoms with Crippen LogP contribution < -0.4 is 5.32 Å². The van der Waals surface area contributed by atoms with Gasteiger partial charge in [0.25, 0.3) is 0 Å². The van der Waals surface area contributed by atoms with Gasteiger partial charge in [-0.15, -0.1) is 0 Å². The lowest BCUT2D eigenvalue weighted by Crippen LogP contribution is -2.39. The van der Waals surface area contributed by atoms with Crippen LogP contribution in [0.2, 0.25) is 0 Å². The summed E-state index contributed by atoms with van der Waals surface area (Å²) in [7, 11) is -1.54. The molecule has 0 aromatic carbocycles. The first kappa shape index (κ1) is 13.6. The molecule has 2 rings (SSSR count). The molecule has 0 unspecified atom stereocenters. The van der Waals surface area contributed by atoms with E-state index >= 15 is 0 Å². The zero-order valence-electron chi connectivity index (χ0n) is 10.9. The number of likely N-dealkylation sites (tertiary alicyclic amines) is 1. The van der Waals surface area contributed by atoms with Gasteiger partial charge in [-0.1, -0.05) is 6.92 Å². The molecule has 2 saturated heterocycles. The summed E-state index contributed by atoms with van der Waals surface area (Å²) in [5, 5.41) is 2.30. The zero-order chi connectivity index (χ0) is 13.3. The van der Waals surface area contributed by atoms with Crippen LogP contribution in [-0.2, 0) is 10.0 Å². The largest absolute Gasteiger partial charge is 0.341 e. The summed E-state index contributed by atoms with van der Waals surface area (Å²) in [6.07, 6.45) is 1.32. The number of hydrogen-bond donors (Lipinski definition) is 1. The van der Waals surface area contributed by atoms with Crippen LogP contribution in [0.4, 0.5) is 4.79 Å². The smallest absolute Gasteiger partial charge is 0.317 e. The van der Waals surface area contributed by atoms with Gasteiger partial charge in [0.2, 0.25) is 10.0 Å². The van der Waals surface area contributed by atoms with Gasteiger partial charge in [0.15, 0.2) is 0 Å². The van der Waals surface area contributed by atoms with E-state index in [0.717, 1.165) is 6.42 Å². The molecule has 2 aliphatic rings. The van der Waals surface area contributed by atoms with Gasteiger partial charge in [-0.25, -0.2) is 17.5 Å². The molecule has 2 atom stereocenters. The Morgan fingerprint density at radius 2 is 2.00 bits per heavy atom. The van der Waals surface area contributed by atoms with E-state index in [1.807, 2.05) is 6.92 Å². The molecule has 0 aromatic heterocycles. The number of rotatable bonds is 1. The molecule has 6 nitrogen and oxygen atoms in total. The van der Waals surface area contributed by atoms with Crippen molar-refractivity contribution < 1.29 is 13.2 Å². The van der Waals surface area contributed by atoms with E-state index < -0.39 is 10.0 Å². The van der Waals surface area contributed by atoms with Crippen molar-refractivity contribution in [2.75, 3.05) is 33.2 Å². The Kier molecular flexibility index (Phi) is 3.82. The highest BCUT2D eigenvalue weighted by Crippen LogP contribution is 2.33. The number of hydrogen-bond acceptors (Lipinski definition) is 3. The molecule has 2 heterocycles. The number of sulfonamides is 1. The highest BCUT2D eigenvalue weighted by molar-refractivity contribution is 7.90. The van der Waals surface area contributed by atoms with E-state index in [0.29, 0.717) is 32.6 Å². The summed E-state index contributed by atoms with van der Waals surface area (Å²) in [5.41, 5.74) is 0. The number of carbonyl (C=O) groups is 1. The van der Waals surface area contributed by atoms with E-state index in [4.69, 9.17) is 0 Å². The van der Waals surface area contributed by atoms with Crippen LogP contribution in [0.15, 0.2) is 0 Å². The first-order chi connectivity index (χ1) is 8.50. The lowest BCUT2D eigenvalue weighted by atomic mass is 10.0. The van der Waals surface area contributed by atoms with Crippen LogP contribution in [0.3, 0.4) is 0 Å². The Bertz CT molecular complexity index is 423. The summed E-state index contributed by atoms with van der Waals surface area (Å²) in [6.45, 7) is 4.21. The fourth-order valence-electron chi connectivity index (χ4n) is 2.97. The molecule has 1 N–H and O–H groups in total. The summed E-state index contributed by atoms with van der Waals surface area (Å²) in [5.74, 6) is 0.171. The van der Waals surface area contributed by atoms with Crippen LogP contribution in [0.1, 0.15) is 19.8 Å². The molecule has 0 spiro atoms. The fourth-order valence-corrected chi connectivity index (χ4v) is 5.22. The van der Waals surface area contributed by atoms with Crippen LogP contribution in [-0.4, -0.2) is 62.1 Å². The topological polar surface area (TPSA) is 69.7 Å². The maximum Gasteiger partial charge on any atom is 0.317 e. The van der Waals surface area contributed by atoms with Crippen molar-refractivity contribution in [1.82, 2.24) is 14.5 Å². The van der Waals surface area contributed by atoms with Gasteiger partial charge in [-0.05, 0) is 18.8 Å². The molecule has 0 bridgehead atoms. The minimum atomic E-state index is -3.14. The molecular formula is C11H21N3O3S. The Morgan fingerprint density at radius 1 is 1.33 bits per heavy atom. The van der Waals surface area contributed by atoms with Crippen molar-refractivity contribution in [3.05, 3.63) is 0 Å². The quantitative estimate of drug-likeness (QED) is 0.736. The lowest BCUT2D eigenvalue weighted by Gasteiger charge is -2.21. The third-order valence-electron chi connectivity index (χ3n) is 4.01. The maximum absolute atomic E-state index is 12.3. The summed E-state index contributed by atoms with van der Waals surface area (Å²) < 4.78 is 26.1. The molecule has 2 fully saturated rings. The first-order valence-electron chi connectivity index (χ1n) is 6.46. The summed E-state index contributed by atoms with van der Waals surface area (Å²) >= 11 is 0. The second-order valence-corrected chi connectivity index (χ2v) is 7.07. The van der Waals surface area contributed by atoms with E-state index in [1.54, 1.807) is 16.3 Å². The van der Waals surface area contributed by atoms with Crippen molar-refractivity contribution in [3.8, 4) is 0 Å². The maximum atomic E-state index is 12.3. The molecule has 0 aliphatic carbocycles. The van der Waals surface area contributed by atoms with Crippen LogP contribution in [0, 0.1) is 5.92 Å². The Hall–Kier alpha value is -0.820. The first-order valence-corrected chi connectivity index (χ1v) is 7.96. The van der Waals surface area contributed by atoms with Gasteiger partial charge in [0, 0.05) is 33.2 Å². The molecule has 7 heteroatoms. The molecular weight excluding hydrogens is 254 g/mol. The monoisotopic (exact) mass is 275 g/mol. The summed E-state index contributed by atoms with van der Waals surface area (Å²) in [6, 6.07) is -0.111. The van der Waals surface area contributed by atoms with E-state index in [2.05, 4.69) is 5.32 Å². The Labute approximate surface area is 108 Å². The lowest BCUT2D eigenvalue weighted by molar-refractivity contribution is 0.201. The predicted molar refractivity (Wildman–Crippen MR) is 68.7 cm³/mol. The molecule has 0 radical (unpaired) electrons. The predicted octanol–water partition coefficient (Wildman–Crippen LogP) is 0.0717. The second kappa shape index (κ2) is 5.05.